The summed E-state index contributed by atoms with van der Waals surface area (Å²) >= 11 is 5.73. The van der Waals surface area contributed by atoms with Gasteiger partial charge in [-0.3, -0.25) is 0 Å². The van der Waals surface area contributed by atoms with Gasteiger partial charge in [-0.05, 0) is 18.8 Å². The van der Waals surface area contributed by atoms with Crippen LogP contribution in [0.3, 0.4) is 0 Å². The summed E-state index contributed by atoms with van der Waals surface area (Å²) in [5.74, 6) is 0.908. The van der Waals surface area contributed by atoms with Gasteiger partial charge < -0.3 is 16.2 Å². The van der Waals surface area contributed by atoms with Gasteiger partial charge in [-0.2, -0.15) is 0 Å². The SMILES string of the molecule is Nc1c(Cl)ncnc1NCC(O)C1CC1. The zero-order chi connectivity index (χ0) is 10.8. The Labute approximate surface area is 92.7 Å². The van der Waals surface area contributed by atoms with Crippen molar-refractivity contribution in [3.63, 3.8) is 0 Å². The average molecular weight is 229 g/mol. The largest absolute Gasteiger partial charge is 0.393 e. The van der Waals surface area contributed by atoms with Crippen molar-refractivity contribution in [3.8, 4) is 0 Å². The normalized spacial score (nSPS) is 17.5. The van der Waals surface area contributed by atoms with Crippen molar-refractivity contribution in [3.05, 3.63) is 11.5 Å². The van der Waals surface area contributed by atoms with E-state index in [4.69, 9.17) is 17.3 Å². The number of aliphatic hydroxyl groups is 1. The smallest absolute Gasteiger partial charge is 0.157 e. The van der Waals surface area contributed by atoms with Gasteiger partial charge in [0.2, 0.25) is 0 Å². The average Bonchev–Trinajstić information content (AvgIpc) is 3.03. The lowest BCUT2D eigenvalue weighted by Gasteiger charge is -2.12. The number of nitrogens with two attached hydrogens (primary N) is 1. The highest BCUT2D eigenvalue weighted by molar-refractivity contribution is 6.32. The number of hydrogen-bond acceptors (Lipinski definition) is 5. The fourth-order valence-electron chi connectivity index (χ4n) is 1.36. The van der Waals surface area contributed by atoms with Gasteiger partial charge in [0.1, 0.15) is 12.0 Å². The molecule has 2 rings (SSSR count). The van der Waals surface area contributed by atoms with Crippen molar-refractivity contribution in [1.82, 2.24) is 9.97 Å². The molecule has 15 heavy (non-hydrogen) atoms. The lowest BCUT2D eigenvalue weighted by atomic mass is 10.2. The van der Waals surface area contributed by atoms with Gasteiger partial charge in [-0.1, -0.05) is 11.6 Å². The Hall–Kier alpha value is -1.07. The molecule has 1 saturated carbocycles. The van der Waals surface area contributed by atoms with Crippen molar-refractivity contribution >= 4 is 23.1 Å². The summed E-state index contributed by atoms with van der Waals surface area (Å²) in [6.45, 7) is 0.447. The van der Waals surface area contributed by atoms with Gasteiger partial charge in [0.25, 0.3) is 0 Å². The Balaban J connectivity index is 1.95. The van der Waals surface area contributed by atoms with Crippen molar-refractivity contribution in [2.45, 2.75) is 18.9 Å². The van der Waals surface area contributed by atoms with Gasteiger partial charge >= 0.3 is 0 Å². The molecule has 5 nitrogen and oxygen atoms in total. The van der Waals surface area contributed by atoms with E-state index < -0.39 is 0 Å². The van der Waals surface area contributed by atoms with Crippen molar-refractivity contribution < 1.29 is 5.11 Å². The molecule has 1 heterocycles. The predicted octanol–water partition coefficient (Wildman–Crippen LogP) is 0.895. The quantitative estimate of drug-likeness (QED) is 0.667. The molecular formula is C9H13ClN4O. The van der Waals surface area contributed by atoms with E-state index in [2.05, 4.69) is 15.3 Å². The fourth-order valence-corrected chi connectivity index (χ4v) is 1.50. The van der Waals surface area contributed by atoms with Gasteiger partial charge in [0.15, 0.2) is 11.0 Å². The number of halogens is 1. The Morgan fingerprint density at radius 3 is 3.00 bits per heavy atom. The van der Waals surface area contributed by atoms with Crippen LogP contribution in [0.15, 0.2) is 6.33 Å². The van der Waals surface area contributed by atoms with Crippen LogP contribution in [0.2, 0.25) is 5.15 Å². The summed E-state index contributed by atoms with van der Waals surface area (Å²) < 4.78 is 0. The molecule has 82 valence electrons. The third-order valence-corrected chi connectivity index (χ3v) is 2.78. The predicted molar refractivity (Wildman–Crippen MR) is 58.7 cm³/mol. The second kappa shape index (κ2) is 4.20. The summed E-state index contributed by atoms with van der Waals surface area (Å²) in [7, 11) is 0. The summed E-state index contributed by atoms with van der Waals surface area (Å²) in [4.78, 5) is 7.69. The third kappa shape index (κ3) is 2.49. The zero-order valence-electron chi connectivity index (χ0n) is 8.15. The number of nitrogens with one attached hydrogen (secondary N) is 1. The molecule has 0 aliphatic heterocycles. The molecule has 0 amide bonds. The number of nitrogen functional groups attached to an aromatic ring is 1. The molecule has 1 aliphatic carbocycles. The summed E-state index contributed by atoms with van der Waals surface area (Å²) in [5, 5.41) is 12.8. The maximum Gasteiger partial charge on any atom is 0.157 e. The monoisotopic (exact) mass is 228 g/mol. The summed E-state index contributed by atoms with van der Waals surface area (Å²) in [6, 6.07) is 0. The first kappa shape index (κ1) is 10.4. The molecule has 1 aliphatic rings. The lowest BCUT2D eigenvalue weighted by Crippen LogP contribution is -2.22. The molecule has 1 aromatic heterocycles. The van der Waals surface area contributed by atoms with E-state index in [1.165, 1.54) is 6.33 Å². The highest BCUT2D eigenvalue weighted by Crippen LogP contribution is 2.32. The maximum absolute atomic E-state index is 9.63. The Kier molecular flexibility index (Phi) is 2.93. The summed E-state index contributed by atoms with van der Waals surface area (Å²) in [5.41, 5.74) is 5.98. The standard InChI is InChI=1S/C9H13ClN4O/c10-8-7(11)9(14-4-13-8)12-3-6(15)5-1-2-5/h4-6,15H,1-3,11H2,(H,12,13,14). The van der Waals surface area contributed by atoms with Crippen molar-refractivity contribution in [2.24, 2.45) is 5.92 Å². The highest BCUT2D eigenvalue weighted by Gasteiger charge is 2.29. The minimum atomic E-state index is -0.335. The van der Waals surface area contributed by atoms with Crippen LogP contribution in [0.4, 0.5) is 11.5 Å². The first-order valence-corrected chi connectivity index (χ1v) is 5.24. The Bertz CT molecular complexity index is 356. The molecule has 6 heteroatoms. The second-order valence-corrected chi connectivity index (χ2v) is 4.07. The molecule has 0 spiro atoms. The number of nitrogens with zero attached hydrogens (tertiary/aromatic N) is 2. The molecular weight excluding hydrogens is 216 g/mol. The van der Waals surface area contributed by atoms with E-state index in [-0.39, 0.29) is 11.3 Å². The minimum absolute atomic E-state index is 0.230. The van der Waals surface area contributed by atoms with Crippen LogP contribution in [0.5, 0.6) is 0 Å². The van der Waals surface area contributed by atoms with Crippen LogP contribution in [0.1, 0.15) is 12.8 Å². The topological polar surface area (TPSA) is 84.1 Å². The van der Waals surface area contributed by atoms with E-state index in [0.29, 0.717) is 24.0 Å². The van der Waals surface area contributed by atoms with Crippen molar-refractivity contribution in [2.75, 3.05) is 17.6 Å². The number of rotatable bonds is 4. The Morgan fingerprint density at radius 2 is 2.33 bits per heavy atom. The molecule has 0 radical (unpaired) electrons. The summed E-state index contributed by atoms with van der Waals surface area (Å²) in [6.07, 6.45) is 3.20. The highest BCUT2D eigenvalue weighted by atomic mass is 35.5. The van der Waals surface area contributed by atoms with E-state index >= 15 is 0 Å². The lowest BCUT2D eigenvalue weighted by molar-refractivity contribution is 0.164. The van der Waals surface area contributed by atoms with Crippen LogP contribution in [0.25, 0.3) is 0 Å². The Morgan fingerprint density at radius 1 is 1.60 bits per heavy atom. The van der Waals surface area contributed by atoms with E-state index in [0.717, 1.165) is 12.8 Å². The van der Waals surface area contributed by atoms with Crippen LogP contribution in [-0.4, -0.2) is 27.7 Å². The van der Waals surface area contributed by atoms with Crippen molar-refractivity contribution in [1.29, 1.82) is 0 Å². The van der Waals surface area contributed by atoms with Crippen LogP contribution >= 0.6 is 11.6 Å². The van der Waals surface area contributed by atoms with E-state index in [1.807, 2.05) is 0 Å². The first-order valence-electron chi connectivity index (χ1n) is 4.86. The molecule has 0 aromatic carbocycles. The second-order valence-electron chi connectivity index (χ2n) is 3.71. The number of anilines is 2. The number of hydrogen-bond donors (Lipinski definition) is 3. The molecule has 4 N–H and O–H groups in total. The van der Waals surface area contributed by atoms with E-state index in [1.54, 1.807) is 0 Å². The molecule has 1 aromatic rings. The first-order chi connectivity index (χ1) is 7.18. The third-order valence-electron chi connectivity index (χ3n) is 2.48. The van der Waals surface area contributed by atoms with Crippen LogP contribution in [0, 0.1) is 5.92 Å². The molecule has 1 fully saturated rings. The minimum Gasteiger partial charge on any atom is -0.393 e. The van der Waals surface area contributed by atoms with Gasteiger partial charge in [0, 0.05) is 6.54 Å². The van der Waals surface area contributed by atoms with Crippen LogP contribution in [-0.2, 0) is 0 Å². The number of aromatic nitrogens is 2. The van der Waals surface area contributed by atoms with Gasteiger partial charge in [0.05, 0.1) is 6.10 Å². The molecule has 1 unspecified atom stereocenters. The zero-order valence-corrected chi connectivity index (χ0v) is 8.91. The molecule has 1 atom stereocenters. The number of aliphatic hydroxyl groups excluding tert-OH is 1. The fraction of sp³-hybridized carbons (Fsp3) is 0.556. The van der Waals surface area contributed by atoms with Crippen LogP contribution < -0.4 is 11.1 Å². The van der Waals surface area contributed by atoms with E-state index in [9.17, 15) is 5.11 Å². The molecule has 0 saturated heterocycles. The van der Waals surface area contributed by atoms with Gasteiger partial charge in [-0.15, -0.1) is 0 Å². The molecule has 0 bridgehead atoms. The van der Waals surface area contributed by atoms with Gasteiger partial charge in [-0.25, -0.2) is 9.97 Å². The maximum atomic E-state index is 9.63.